The molecule has 0 unspecified atom stereocenters. The van der Waals surface area contributed by atoms with E-state index in [9.17, 15) is 0 Å². The van der Waals surface area contributed by atoms with Gasteiger partial charge in [-0.05, 0) is 74.1 Å². The fraction of sp³-hybridized carbons (Fsp3) is 0. The number of fused-ring (bicyclic) bond motifs is 5. The molecule has 0 aliphatic rings. The summed E-state index contributed by atoms with van der Waals surface area (Å²) in [6.07, 6.45) is 0. The lowest BCUT2D eigenvalue weighted by Gasteiger charge is -2.11. The Kier molecular flexibility index (Phi) is 6.78. The third kappa shape index (κ3) is 5.13. The molecule has 0 saturated carbocycles. The van der Waals surface area contributed by atoms with Crippen molar-refractivity contribution in [2.75, 3.05) is 0 Å². The van der Waals surface area contributed by atoms with Gasteiger partial charge in [0, 0.05) is 21.9 Å². The molecule has 0 aliphatic carbocycles. The Morgan fingerprint density at radius 2 is 0.824 bits per heavy atom. The molecule has 8 aromatic carbocycles. The standard InChI is InChI=1S/C47H29N3O/c1-4-12-30(13-5-1)35-20-21-37-27-38(23-22-36(37)26-35)39-24-25-40(44-43(39)41-28-33-18-10-11-19-34(33)29-42(41)51-44)47-49-45(31-14-6-2-7-15-31)48-46(50-47)32-16-8-3-9-17-32/h1-29H. The van der Waals surface area contributed by atoms with E-state index in [1.165, 1.54) is 21.9 Å². The number of hydrogen-bond donors (Lipinski definition) is 0. The number of furan rings is 1. The Morgan fingerprint density at radius 1 is 0.333 bits per heavy atom. The van der Waals surface area contributed by atoms with E-state index in [1.807, 2.05) is 60.7 Å². The normalized spacial score (nSPS) is 11.5. The first-order chi connectivity index (χ1) is 25.2. The van der Waals surface area contributed by atoms with Gasteiger partial charge in [0.2, 0.25) is 0 Å². The molecule has 238 valence electrons. The summed E-state index contributed by atoms with van der Waals surface area (Å²) >= 11 is 0. The minimum absolute atomic E-state index is 0.565. The van der Waals surface area contributed by atoms with Crippen molar-refractivity contribution in [3.8, 4) is 56.4 Å². The van der Waals surface area contributed by atoms with Crippen LogP contribution >= 0.6 is 0 Å². The first kappa shape index (κ1) is 29.0. The van der Waals surface area contributed by atoms with Crippen molar-refractivity contribution in [2.24, 2.45) is 0 Å². The van der Waals surface area contributed by atoms with Gasteiger partial charge in [-0.2, -0.15) is 0 Å². The topological polar surface area (TPSA) is 51.8 Å². The fourth-order valence-corrected chi connectivity index (χ4v) is 7.13. The average Bonchev–Trinajstić information content (AvgIpc) is 3.58. The van der Waals surface area contributed by atoms with E-state index in [2.05, 4.69) is 115 Å². The second kappa shape index (κ2) is 11.9. The molecule has 0 bridgehead atoms. The van der Waals surface area contributed by atoms with E-state index in [4.69, 9.17) is 19.4 Å². The van der Waals surface area contributed by atoms with Crippen LogP contribution in [0.2, 0.25) is 0 Å². The highest BCUT2D eigenvalue weighted by atomic mass is 16.3. The summed E-state index contributed by atoms with van der Waals surface area (Å²) in [7, 11) is 0. The molecular formula is C47H29N3O. The maximum absolute atomic E-state index is 6.85. The molecule has 4 heteroatoms. The third-order valence-corrected chi connectivity index (χ3v) is 9.69. The molecule has 0 N–H and O–H groups in total. The maximum Gasteiger partial charge on any atom is 0.167 e. The van der Waals surface area contributed by atoms with E-state index in [0.29, 0.717) is 17.5 Å². The van der Waals surface area contributed by atoms with Crippen molar-refractivity contribution in [1.29, 1.82) is 0 Å². The number of nitrogens with zero attached hydrogens (tertiary/aromatic N) is 3. The lowest BCUT2D eigenvalue weighted by Crippen LogP contribution is -2.00. The van der Waals surface area contributed by atoms with Crippen LogP contribution in [0.25, 0.3) is 99.9 Å². The molecule has 2 aromatic heterocycles. The van der Waals surface area contributed by atoms with Crippen LogP contribution in [-0.4, -0.2) is 15.0 Å². The first-order valence-corrected chi connectivity index (χ1v) is 17.1. The monoisotopic (exact) mass is 651 g/mol. The summed E-state index contributed by atoms with van der Waals surface area (Å²) in [6, 6.07) is 61.2. The van der Waals surface area contributed by atoms with Crippen LogP contribution < -0.4 is 0 Å². The van der Waals surface area contributed by atoms with Crippen molar-refractivity contribution >= 4 is 43.5 Å². The number of hydrogen-bond acceptors (Lipinski definition) is 4. The van der Waals surface area contributed by atoms with Crippen molar-refractivity contribution < 1.29 is 4.42 Å². The van der Waals surface area contributed by atoms with Crippen LogP contribution in [0.1, 0.15) is 0 Å². The molecule has 0 amide bonds. The summed E-state index contributed by atoms with van der Waals surface area (Å²) in [5.74, 6) is 1.79. The van der Waals surface area contributed by atoms with Gasteiger partial charge in [0.25, 0.3) is 0 Å². The zero-order valence-corrected chi connectivity index (χ0v) is 27.5. The minimum Gasteiger partial charge on any atom is -0.455 e. The highest BCUT2D eigenvalue weighted by Gasteiger charge is 2.21. The van der Waals surface area contributed by atoms with E-state index >= 15 is 0 Å². The Balaban J connectivity index is 1.21. The molecule has 0 saturated heterocycles. The number of benzene rings is 8. The van der Waals surface area contributed by atoms with Crippen molar-refractivity contribution in [3.05, 3.63) is 176 Å². The second-order valence-electron chi connectivity index (χ2n) is 12.8. The molecule has 51 heavy (non-hydrogen) atoms. The van der Waals surface area contributed by atoms with Gasteiger partial charge < -0.3 is 4.42 Å². The van der Waals surface area contributed by atoms with Gasteiger partial charge in [0.05, 0.1) is 5.56 Å². The summed E-state index contributed by atoms with van der Waals surface area (Å²) in [6.45, 7) is 0. The van der Waals surface area contributed by atoms with Crippen LogP contribution in [0.15, 0.2) is 180 Å². The van der Waals surface area contributed by atoms with Gasteiger partial charge in [-0.25, -0.2) is 15.0 Å². The zero-order valence-electron chi connectivity index (χ0n) is 27.5. The maximum atomic E-state index is 6.85. The highest BCUT2D eigenvalue weighted by molar-refractivity contribution is 6.18. The lowest BCUT2D eigenvalue weighted by atomic mass is 9.93. The predicted molar refractivity (Wildman–Crippen MR) is 209 cm³/mol. The van der Waals surface area contributed by atoms with Gasteiger partial charge in [0.1, 0.15) is 11.2 Å². The molecule has 10 aromatic rings. The van der Waals surface area contributed by atoms with Gasteiger partial charge in [-0.3, -0.25) is 0 Å². The first-order valence-electron chi connectivity index (χ1n) is 17.1. The Morgan fingerprint density at radius 3 is 1.47 bits per heavy atom. The third-order valence-electron chi connectivity index (χ3n) is 9.69. The molecule has 2 heterocycles. The molecule has 10 rings (SSSR count). The lowest BCUT2D eigenvalue weighted by molar-refractivity contribution is 0.670. The Hall–Kier alpha value is -6.91. The second-order valence-corrected chi connectivity index (χ2v) is 12.8. The van der Waals surface area contributed by atoms with Gasteiger partial charge >= 0.3 is 0 Å². The fourth-order valence-electron chi connectivity index (χ4n) is 7.13. The molecule has 4 nitrogen and oxygen atoms in total. The van der Waals surface area contributed by atoms with Crippen molar-refractivity contribution in [1.82, 2.24) is 15.0 Å². The SMILES string of the molecule is c1ccc(-c2ccc3cc(-c4ccc(-c5nc(-c6ccccc6)nc(-c6ccccc6)n5)c5oc6cc7ccccc7cc6c45)ccc3c2)cc1. The van der Waals surface area contributed by atoms with Crippen LogP contribution in [0.5, 0.6) is 0 Å². The molecule has 0 fully saturated rings. The minimum atomic E-state index is 0.565. The molecule has 0 atom stereocenters. The summed E-state index contributed by atoms with van der Waals surface area (Å²) < 4.78 is 6.85. The molecule has 0 spiro atoms. The molecular weight excluding hydrogens is 623 g/mol. The van der Waals surface area contributed by atoms with Gasteiger partial charge in [-0.1, -0.05) is 146 Å². The van der Waals surface area contributed by atoms with Gasteiger partial charge in [-0.15, -0.1) is 0 Å². The predicted octanol–water partition coefficient (Wildman–Crippen LogP) is 12.4. The quantitative estimate of drug-likeness (QED) is 0.186. The van der Waals surface area contributed by atoms with Crippen LogP contribution in [0, 0.1) is 0 Å². The van der Waals surface area contributed by atoms with E-state index in [0.717, 1.165) is 60.5 Å². The van der Waals surface area contributed by atoms with Gasteiger partial charge in [0.15, 0.2) is 17.5 Å². The smallest absolute Gasteiger partial charge is 0.167 e. The number of rotatable bonds is 5. The summed E-state index contributed by atoms with van der Waals surface area (Å²) in [5, 5.41) is 6.76. The highest BCUT2D eigenvalue weighted by Crippen LogP contribution is 2.43. The zero-order chi connectivity index (χ0) is 33.7. The summed E-state index contributed by atoms with van der Waals surface area (Å²) in [4.78, 5) is 15.1. The van der Waals surface area contributed by atoms with Crippen LogP contribution in [-0.2, 0) is 0 Å². The molecule has 0 aliphatic heterocycles. The van der Waals surface area contributed by atoms with E-state index in [-0.39, 0.29) is 0 Å². The van der Waals surface area contributed by atoms with E-state index in [1.54, 1.807) is 0 Å². The Bertz CT molecular complexity index is 2840. The van der Waals surface area contributed by atoms with E-state index < -0.39 is 0 Å². The number of aromatic nitrogens is 3. The van der Waals surface area contributed by atoms with Crippen LogP contribution in [0.3, 0.4) is 0 Å². The molecule has 0 radical (unpaired) electrons. The van der Waals surface area contributed by atoms with Crippen LogP contribution in [0.4, 0.5) is 0 Å². The Labute approximate surface area is 294 Å². The van der Waals surface area contributed by atoms with Crippen molar-refractivity contribution in [2.45, 2.75) is 0 Å². The summed E-state index contributed by atoms with van der Waals surface area (Å²) in [5.41, 5.74) is 8.87. The largest absolute Gasteiger partial charge is 0.455 e. The van der Waals surface area contributed by atoms with Crippen molar-refractivity contribution in [3.63, 3.8) is 0 Å². The average molecular weight is 652 g/mol.